The molecule has 0 radical (unpaired) electrons. The molecular formula is C23H22O2. The van der Waals surface area contributed by atoms with Gasteiger partial charge in [0.05, 0.1) is 6.10 Å². The summed E-state index contributed by atoms with van der Waals surface area (Å²) in [5, 5.41) is 10.5. The van der Waals surface area contributed by atoms with Crippen molar-refractivity contribution in [1.29, 1.82) is 0 Å². The second kappa shape index (κ2) is 7.12. The molecule has 0 bridgehead atoms. The molecule has 2 nitrogen and oxygen atoms in total. The molecule has 2 heteroatoms. The highest BCUT2D eigenvalue weighted by molar-refractivity contribution is 5.34. The molecule has 1 aliphatic rings. The third-order valence-electron chi connectivity index (χ3n) is 4.94. The zero-order valence-corrected chi connectivity index (χ0v) is 14.1. The molecule has 0 heterocycles. The van der Waals surface area contributed by atoms with Gasteiger partial charge in [0.25, 0.3) is 0 Å². The van der Waals surface area contributed by atoms with Gasteiger partial charge in [-0.3, -0.25) is 0 Å². The first-order valence-electron chi connectivity index (χ1n) is 8.81. The van der Waals surface area contributed by atoms with Crippen LogP contribution in [0.15, 0.2) is 84.9 Å². The number of hydrogen-bond donors (Lipinski definition) is 1. The van der Waals surface area contributed by atoms with E-state index in [4.69, 9.17) is 4.74 Å². The van der Waals surface area contributed by atoms with Crippen LogP contribution in [0.3, 0.4) is 0 Å². The minimum atomic E-state index is -0.375. The molecule has 1 saturated carbocycles. The van der Waals surface area contributed by atoms with Gasteiger partial charge in [0.2, 0.25) is 0 Å². The minimum Gasteiger partial charge on any atom is -0.489 e. The summed E-state index contributed by atoms with van der Waals surface area (Å²) in [6.45, 7) is 0.582. The third kappa shape index (κ3) is 3.75. The summed E-state index contributed by atoms with van der Waals surface area (Å²) in [7, 11) is 0. The van der Waals surface area contributed by atoms with Gasteiger partial charge in [0.15, 0.2) is 0 Å². The second-order valence-electron chi connectivity index (χ2n) is 6.70. The summed E-state index contributed by atoms with van der Waals surface area (Å²) in [5.41, 5.74) is 3.46. The van der Waals surface area contributed by atoms with Crippen molar-refractivity contribution in [3.05, 3.63) is 102 Å². The lowest BCUT2D eigenvalue weighted by Crippen LogP contribution is -2.01. The van der Waals surface area contributed by atoms with E-state index < -0.39 is 0 Å². The van der Waals surface area contributed by atoms with E-state index in [1.807, 2.05) is 60.7 Å². The molecule has 25 heavy (non-hydrogen) atoms. The van der Waals surface area contributed by atoms with Crippen molar-refractivity contribution in [3.63, 3.8) is 0 Å². The summed E-state index contributed by atoms with van der Waals surface area (Å²) in [5.74, 6) is 1.64. The van der Waals surface area contributed by atoms with E-state index in [2.05, 4.69) is 24.3 Å². The molecule has 3 atom stereocenters. The van der Waals surface area contributed by atoms with Crippen LogP contribution in [0.1, 0.15) is 35.1 Å². The van der Waals surface area contributed by atoms with Crippen LogP contribution >= 0.6 is 0 Å². The van der Waals surface area contributed by atoms with Gasteiger partial charge >= 0.3 is 0 Å². The average Bonchev–Trinajstić information content (AvgIpc) is 3.48. The molecule has 0 amide bonds. The van der Waals surface area contributed by atoms with Gasteiger partial charge in [-0.15, -0.1) is 0 Å². The van der Waals surface area contributed by atoms with Gasteiger partial charge in [-0.2, -0.15) is 0 Å². The number of aliphatic hydroxyl groups excluding tert-OH is 1. The normalized spacial score (nSPS) is 20.0. The molecule has 1 N–H and O–H groups in total. The summed E-state index contributed by atoms with van der Waals surface area (Å²) in [6.07, 6.45) is 0.667. The van der Waals surface area contributed by atoms with E-state index in [0.29, 0.717) is 18.4 Å². The van der Waals surface area contributed by atoms with Gasteiger partial charge in [-0.25, -0.2) is 0 Å². The summed E-state index contributed by atoms with van der Waals surface area (Å²) < 4.78 is 5.84. The zero-order valence-electron chi connectivity index (χ0n) is 14.1. The van der Waals surface area contributed by atoms with Crippen LogP contribution in [0.5, 0.6) is 5.75 Å². The molecule has 1 fully saturated rings. The molecule has 3 aromatic carbocycles. The summed E-state index contributed by atoms with van der Waals surface area (Å²) >= 11 is 0. The van der Waals surface area contributed by atoms with E-state index in [1.165, 1.54) is 11.1 Å². The Bertz CT molecular complexity index is 797. The van der Waals surface area contributed by atoms with E-state index in [9.17, 15) is 5.11 Å². The highest BCUT2D eigenvalue weighted by Gasteiger charge is 2.43. The first-order valence-corrected chi connectivity index (χ1v) is 8.81. The molecule has 4 rings (SSSR count). The molecule has 0 saturated heterocycles. The fraction of sp³-hybridized carbons (Fsp3) is 0.217. The maximum absolute atomic E-state index is 10.5. The van der Waals surface area contributed by atoms with E-state index in [-0.39, 0.29) is 6.10 Å². The highest BCUT2D eigenvalue weighted by Crippen LogP contribution is 2.54. The van der Waals surface area contributed by atoms with Crippen LogP contribution < -0.4 is 4.74 Å². The number of rotatable bonds is 6. The molecular weight excluding hydrogens is 308 g/mol. The predicted octanol–water partition coefficient (Wildman–Crippen LogP) is 5.10. The lowest BCUT2D eigenvalue weighted by Gasteiger charge is -2.11. The van der Waals surface area contributed by atoms with Gasteiger partial charge in [0.1, 0.15) is 12.4 Å². The fourth-order valence-corrected chi connectivity index (χ4v) is 3.40. The predicted molar refractivity (Wildman–Crippen MR) is 99.5 cm³/mol. The summed E-state index contributed by atoms with van der Waals surface area (Å²) in [6, 6.07) is 28.4. The van der Waals surface area contributed by atoms with E-state index >= 15 is 0 Å². The van der Waals surface area contributed by atoms with Crippen molar-refractivity contribution in [1.82, 2.24) is 0 Å². The third-order valence-corrected chi connectivity index (χ3v) is 4.94. The largest absolute Gasteiger partial charge is 0.489 e. The zero-order chi connectivity index (χ0) is 17.1. The van der Waals surface area contributed by atoms with Crippen LogP contribution in [0.25, 0.3) is 0 Å². The van der Waals surface area contributed by atoms with Gasteiger partial charge < -0.3 is 9.84 Å². The second-order valence-corrected chi connectivity index (χ2v) is 6.70. The van der Waals surface area contributed by atoms with Crippen LogP contribution in [-0.2, 0) is 6.61 Å². The van der Waals surface area contributed by atoms with Crippen molar-refractivity contribution in [2.24, 2.45) is 5.92 Å². The first kappa shape index (κ1) is 15.9. The van der Waals surface area contributed by atoms with Crippen molar-refractivity contribution in [2.75, 3.05) is 0 Å². The Morgan fingerprint density at radius 2 is 1.48 bits per heavy atom. The van der Waals surface area contributed by atoms with E-state index in [0.717, 1.165) is 17.7 Å². The van der Waals surface area contributed by atoms with Crippen molar-refractivity contribution in [3.8, 4) is 5.75 Å². The van der Waals surface area contributed by atoms with Crippen molar-refractivity contribution >= 4 is 0 Å². The van der Waals surface area contributed by atoms with Gasteiger partial charge in [0, 0.05) is 0 Å². The smallest absolute Gasteiger partial charge is 0.119 e. The molecule has 3 aromatic rings. The molecule has 0 spiro atoms. The van der Waals surface area contributed by atoms with Crippen LogP contribution in [0.4, 0.5) is 0 Å². The summed E-state index contributed by atoms with van der Waals surface area (Å²) in [4.78, 5) is 0. The Balaban J connectivity index is 1.35. The molecule has 0 aliphatic heterocycles. The molecule has 126 valence electrons. The Morgan fingerprint density at radius 1 is 0.840 bits per heavy atom. The number of hydrogen-bond acceptors (Lipinski definition) is 2. The van der Waals surface area contributed by atoms with Crippen molar-refractivity contribution < 1.29 is 9.84 Å². The van der Waals surface area contributed by atoms with Crippen LogP contribution in [0.2, 0.25) is 0 Å². The highest BCUT2D eigenvalue weighted by atomic mass is 16.5. The standard InChI is InChI=1S/C23H22O2/c24-23(19-9-5-2-6-10-19)22-15-21(22)18-11-13-20(14-12-18)25-16-17-7-3-1-4-8-17/h1-14,21-24H,15-16H2. The number of aliphatic hydroxyl groups is 1. The Kier molecular flexibility index (Phi) is 4.53. The monoisotopic (exact) mass is 330 g/mol. The van der Waals surface area contributed by atoms with Crippen LogP contribution in [0, 0.1) is 5.92 Å². The van der Waals surface area contributed by atoms with Gasteiger partial charge in [-0.05, 0) is 47.1 Å². The minimum absolute atomic E-state index is 0.318. The molecule has 1 aliphatic carbocycles. The lowest BCUT2D eigenvalue weighted by atomic mass is 10.0. The van der Waals surface area contributed by atoms with E-state index in [1.54, 1.807) is 0 Å². The quantitative estimate of drug-likeness (QED) is 0.681. The van der Waals surface area contributed by atoms with Crippen molar-refractivity contribution in [2.45, 2.75) is 25.0 Å². The Labute approximate surface area is 148 Å². The maximum atomic E-state index is 10.5. The Hall–Kier alpha value is -2.58. The molecule has 3 unspecified atom stereocenters. The average molecular weight is 330 g/mol. The number of ether oxygens (including phenoxy) is 1. The Morgan fingerprint density at radius 3 is 2.16 bits per heavy atom. The maximum Gasteiger partial charge on any atom is 0.119 e. The first-order chi connectivity index (χ1) is 12.3. The lowest BCUT2D eigenvalue weighted by molar-refractivity contribution is 0.151. The molecule has 0 aromatic heterocycles. The topological polar surface area (TPSA) is 29.5 Å². The fourth-order valence-electron chi connectivity index (χ4n) is 3.40. The number of benzene rings is 3. The SMILES string of the molecule is OC(c1ccccc1)C1CC1c1ccc(OCc2ccccc2)cc1. The van der Waals surface area contributed by atoms with Gasteiger partial charge in [-0.1, -0.05) is 72.8 Å². The van der Waals surface area contributed by atoms with Crippen LogP contribution in [-0.4, -0.2) is 5.11 Å².